The highest BCUT2D eigenvalue weighted by atomic mass is 16.5. The number of nitrogen functional groups attached to an aromatic ring is 2. The number of anilines is 2. The summed E-state index contributed by atoms with van der Waals surface area (Å²) in [6.07, 6.45) is 11.7. The molecule has 6 nitrogen and oxygen atoms in total. The molecule has 0 saturated heterocycles. The Hall–Kier alpha value is -3.80. The number of ether oxygens (including phenoxy) is 2. The largest absolute Gasteiger partial charge is 0.423 e. The minimum Gasteiger partial charge on any atom is -0.423 e. The molecule has 3 aliphatic carbocycles. The number of hydrogen-bond acceptors (Lipinski definition) is 6. The minimum atomic E-state index is -0.576. The van der Waals surface area contributed by atoms with Crippen molar-refractivity contribution in [3.8, 4) is 11.5 Å². The number of fused-ring (bicyclic) bond motifs is 5. The quantitative estimate of drug-likeness (QED) is 0.140. The zero-order chi connectivity index (χ0) is 32.6. The van der Waals surface area contributed by atoms with E-state index in [1.165, 1.54) is 74.6 Å². The molecule has 6 unspecified atom stereocenters. The van der Waals surface area contributed by atoms with E-state index < -0.39 is 11.9 Å². The Kier molecular flexibility index (Phi) is 9.18. The Labute approximate surface area is 274 Å². The van der Waals surface area contributed by atoms with Crippen LogP contribution in [-0.4, -0.2) is 11.9 Å². The van der Waals surface area contributed by atoms with Gasteiger partial charge in [0.1, 0.15) is 11.5 Å². The molecule has 0 spiro atoms. The lowest BCUT2D eigenvalue weighted by molar-refractivity contribution is 0.00967. The number of carbonyl (C=O) groups excluding carboxylic acids is 2. The summed E-state index contributed by atoms with van der Waals surface area (Å²) >= 11 is 0. The van der Waals surface area contributed by atoms with Crippen LogP contribution in [0.4, 0.5) is 11.4 Å². The van der Waals surface area contributed by atoms with Crippen LogP contribution < -0.4 is 20.9 Å². The Bertz CT molecular complexity index is 1560. The smallest absolute Gasteiger partial charge is 0.343 e. The molecule has 0 heterocycles. The first-order chi connectivity index (χ1) is 22.0. The number of rotatable bonds is 9. The molecule has 6 atom stereocenters. The average molecular weight is 623 g/mol. The fourth-order valence-electron chi connectivity index (χ4n) is 9.43. The van der Waals surface area contributed by atoms with Crippen LogP contribution in [0.2, 0.25) is 0 Å². The normalized spacial score (nSPS) is 25.7. The molecule has 3 aliphatic rings. The number of hydrogen-bond donors (Lipinski definition) is 2. The number of benzene rings is 3. The molecule has 2 saturated carbocycles. The van der Waals surface area contributed by atoms with Crippen LogP contribution in [0.1, 0.15) is 117 Å². The predicted octanol–water partition coefficient (Wildman–Crippen LogP) is 9.22. The molecule has 6 heteroatoms. The van der Waals surface area contributed by atoms with Gasteiger partial charge in [0.15, 0.2) is 0 Å². The maximum Gasteiger partial charge on any atom is 0.343 e. The first kappa shape index (κ1) is 32.2. The molecule has 0 bridgehead atoms. The number of esters is 2. The summed E-state index contributed by atoms with van der Waals surface area (Å²) in [5.41, 5.74) is 16.3. The average Bonchev–Trinajstić information content (AvgIpc) is 3.37. The number of aryl methyl sites for hydroxylation is 1. The van der Waals surface area contributed by atoms with Gasteiger partial charge in [0.25, 0.3) is 0 Å². The standard InChI is InChI=1S/C40H50N2O4/c1-24(2)6-5-7-25(3)36-16-17-37-35-14-10-27-22-32(13-15-33(27)34(35)18-19-40(36,37)4)46-38(43)26-8-11-31(12-9-26)45-39(44)28-20-29(41)23-30(42)21-28/h8-9,11-13,15,20-25,34-37H,5-7,10,14,16-19,41-42H2,1-4H3. The number of nitrogens with two attached hydrogens (primary N) is 2. The van der Waals surface area contributed by atoms with Crippen LogP contribution in [0, 0.1) is 35.0 Å². The molecule has 2 fully saturated rings. The molecule has 0 radical (unpaired) electrons. The maximum atomic E-state index is 13.0. The third-order valence-corrected chi connectivity index (χ3v) is 11.6. The Morgan fingerprint density at radius 2 is 1.48 bits per heavy atom. The van der Waals surface area contributed by atoms with Gasteiger partial charge < -0.3 is 20.9 Å². The minimum absolute atomic E-state index is 0.261. The van der Waals surface area contributed by atoms with E-state index in [0.29, 0.717) is 39.8 Å². The highest BCUT2D eigenvalue weighted by molar-refractivity contribution is 5.94. The lowest BCUT2D eigenvalue weighted by Gasteiger charge is -2.52. The summed E-state index contributed by atoms with van der Waals surface area (Å²) in [6, 6.07) is 17.2. The zero-order valence-corrected chi connectivity index (χ0v) is 27.9. The van der Waals surface area contributed by atoms with Gasteiger partial charge in [-0.2, -0.15) is 0 Å². The van der Waals surface area contributed by atoms with E-state index in [1.807, 2.05) is 6.07 Å². The second-order valence-corrected chi connectivity index (χ2v) is 15.0. The lowest BCUT2D eigenvalue weighted by atomic mass is 9.53. The molecule has 244 valence electrons. The van der Waals surface area contributed by atoms with Crippen LogP contribution in [0.5, 0.6) is 11.5 Å². The Morgan fingerprint density at radius 1 is 0.804 bits per heavy atom. The van der Waals surface area contributed by atoms with Crippen LogP contribution in [-0.2, 0) is 6.42 Å². The molecular formula is C40H50N2O4. The fraction of sp³-hybridized carbons (Fsp3) is 0.500. The van der Waals surface area contributed by atoms with E-state index in [0.717, 1.165) is 36.0 Å². The van der Waals surface area contributed by atoms with Crippen molar-refractivity contribution in [3.05, 3.63) is 82.9 Å². The fourth-order valence-corrected chi connectivity index (χ4v) is 9.43. The summed E-state index contributed by atoms with van der Waals surface area (Å²) in [4.78, 5) is 25.6. The van der Waals surface area contributed by atoms with Crippen molar-refractivity contribution in [3.63, 3.8) is 0 Å². The highest BCUT2D eigenvalue weighted by Gasteiger charge is 2.55. The van der Waals surface area contributed by atoms with Crippen molar-refractivity contribution in [2.75, 3.05) is 11.5 Å². The molecule has 0 aromatic heterocycles. The van der Waals surface area contributed by atoms with Gasteiger partial charge in [-0.15, -0.1) is 0 Å². The van der Waals surface area contributed by atoms with Crippen molar-refractivity contribution in [1.82, 2.24) is 0 Å². The molecule has 6 rings (SSSR count). The Balaban J connectivity index is 1.07. The van der Waals surface area contributed by atoms with Gasteiger partial charge in [-0.25, -0.2) is 9.59 Å². The van der Waals surface area contributed by atoms with Gasteiger partial charge in [-0.05, 0) is 145 Å². The van der Waals surface area contributed by atoms with Crippen molar-refractivity contribution in [1.29, 1.82) is 0 Å². The van der Waals surface area contributed by atoms with Gasteiger partial charge in [0.2, 0.25) is 0 Å². The summed E-state index contributed by atoms with van der Waals surface area (Å²) in [5.74, 6) is 4.54. The predicted molar refractivity (Wildman–Crippen MR) is 184 cm³/mol. The molecule has 4 N–H and O–H groups in total. The van der Waals surface area contributed by atoms with E-state index >= 15 is 0 Å². The summed E-state index contributed by atoms with van der Waals surface area (Å²) in [7, 11) is 0. The molecule has 0 aliphatic heterocycles. The first-order valence-electron chi connectivity index (χ1n) is 17.3. The Morgan fingerprint density at radius 3 is 2.20 bits per heavy atom. The summed E-state index contributed by atoms with van der Waals surface area (Å²) in [5, 5.41) is 0. The van der Waals surface area contributed by atoms with E-state index in [4.69, 9.17) is 20.9 Å². The summed E-state index contributed by atoms with van der Waals surface area (Å²) < 4.78 is 11.3. The van der Waals surface area contributed by atoms with E-state index in [1.54, 1.807) is 30.3 Å². The van der Waals surface area contributed by atoms with Crippen LogP contribution >= 0.6 is 0 Å². The molecule has 3 aromatic rings. The molecular weight excluding hydrogens is 572 g/mol. The SMILES string of the molecule is CC(C)CCCC(C)C1CCC2C3CCc4cc(OC(=O)c5ccc(OC(=O)c6cc(N)cc(N)c6)cc5)ccc4C3CCC12C. The van der Waals surface area contributed by atoms with Crippen LogP contribution in [0.15, 0.2) is 60.7 Å². The number of carbonyl (C=O) groups is 2. The summed E-state index contributed by atoms with van der Waals surface area (Å²) in [6.45, 7) is 9.85. The lowest BCUT2D eigenvalue weighted by Crippen LogP contribution is -2.43. The van der Waals surface area contributed by atoms with Gasteiger partial charge in [0, 0.05) is 11.4 Å². The monoisotopic (exact) mass is 622 g/mol. The molecule has 0 amide bonds. The van der Waals surface area contributed by atoms with Gasteiger partial charge in [-0.1, -0.05) is 53.0 Å². The van der Waals surface area contributed by atoms with Gasteiger partial charge in [0.05, 0.1) is 11.1 Å². The van der Waals surface area contributed by atoms with E-state index in [-0.39, 0.29) is 5.56 Å². The topological polar surface area (TPSA) is 105 Å². The molecule has 46 heavy (non-hydrogen) atoms. The molecule has 3 aromatic carbocycles. The highest BCUT2D eigenvalue weighted by Crippen LogP contribution is 2.64. The third kappa shape index (κ3) is 6.54. The third-order valence-electron chi connectivity index (χ3n) is 11.6. The second-order valence-electron chi connectivity index (χ2n) is 15.0. The van der Waals surface area contributed by atoms with Crippen molar-refractivity contribution in [2.45, 2.75) is 91.4 Å². The van der Waals surface area contributed by atoms with E-state index in [9.17, 15) is 9.59 Å². The van der Waals surface area contributed by atoms with Crippen LogP contribution in [0.25, 0.3) is 0 Å². The van der Waals surface area contributed by atoms with E-state index in [2.05, 4.69) is 39.8 Å². The van der Waals surface area contributed by atoms with Crippen molar-refractivity contribution in [2.24, 2.45) is 35.0 Å². The first-order valence-corrected chi connectivity index (χ1v) is 17.3. The van der Waals surface area contributed by atoms with Gasteiger partial charge >= 0.3 is 11.9 Å². The second kappa shape index (κ2) is 13.1. The van der Waals surface area contributed by atoms with Crippen molar-refractivity contribution >= 4 is 23.3 Å². The maximum absolute atomic E-state index is 13.0. The van der Waals surface area contributed by atoms with Crippen molar-refractivity contribution < 1.29 is 19.1 Å². The van der Waals surface area contributed by atoms with Gasteiger partial charge in [-0.3, -0.25) is 0 Å². The van der Waals surface area contributed by atoms with Crippen LogP contribution in [0.3, 0.4) is 0 Å². The zero-order valence-electron chi connectivity index (χ0n) is 27.9.